The lowest BCUT2D eigenvalue weighted by atomic mass is 9.36. The van der Waals surface area contributed by atoms with Crippen molar-refractivity contribution < 1.29 is 9.22 Å². The minimum absolute atomic E-state index is 0.119. The van der Waals surface area contributed by atoms with E-state index in [1.807, 2.05) is 0 Å². The van der Waals surface area contributed by atoms with Crippen LogP contribution in [0.3, 0.4) is 0 Å². The van der Waals surface area contributed by atoms with E-state index in [0.717, 1.165) is 19.3 Å². The van der Waals surface area contributed by atoms with E-state index < -0.39 is 8.32 Å². The summed E-state index contributed by atoms with van der Waals surface area (Å²) in [6.07, 6.45) is 10.7. The maximum absolute atomic E-state index is 13.8. The zero-order chi connectivity index (χ0) is 27.7. The third kappa shape index (κ3) is 4.98. The van der Waals surface area contributed by atoms with Crippen LogP contribution in [0.2, 0.25) is 18.1 Å². The van der Waals surface area contributed by atoms with E-state index in [2.05, 4.69) is 98.9 Å². The quantitative estimate of drug-likeness (QED) is 0.299. The molecule has 0 N–H and O–H groups in total. The predicted octanol–water partition coefficient (Wildman–Crippen LogP) is 9.97. The lowest BCUT2D eigenvalue weighted by Crippen LogP contribution is -2.65. The highest BCUT2D eigenvalue weighted by atomic mass is 32.2. The Hall–Kier alpha value is 0.547. The topological polar surface area (TPSA) is 26.3 Å². The van der Waals surface area contributed by atoms with E-state index in [1.165, 1.54) is 50.0 Å². The van der Waals surface area contributed by atoms with Crippen molar-refractivity contribution in [3.63, 3.8) is 0 Å². The highest BCUT2D eigenvalue weighted by Gasteiger charge is 2.67. The third-order valence-electron chi connectivity index (χ3n) is 13.0. The number of rotatable bonds is 6. The Balaban J connectivity index is 1.56. The molecule has 4 rings (SSSR count). The van der Waals surface area contributed by atoms with Gasteiger partial charge in [0.05, 0.1) is 10.2 Å². The van der Waals surface area contributed by atoms with Crippen molar-refractivity contribution in [2.24, 2.45) is 33.5 Å². The summed E-state index contributed by atoms with van der Waals surface area (Å²) in [5, 5.41) is 0.243. The summed E-state index contributed by atoms with van der Waals surface area (Å²) >= 11 is 4.28. The molecule has 3 aliphatic carbocycles. The van der Waals surface area contributed by atoms with Gasteiger partial charge >= 0.3 is 0 Å². The van der Waals surface area contributed by atoms with Gasteiger partial charge in [-0.15, -0.1) is 23.5 Å². The number of hydrogen-bond donors (Lipinski definition) is 0. The van der Waals surface area contributed by atoms with Crippen LogP contribution in [-0.2, 0) is 9.22 Å². The molecule has 37 heavy (non-hydrogen) atoms. The zero-order valence-corrected chi connectivity index (χ0v) is 28.8. The van der Waals surface area contributed by atoms with Crippen molar-refractivity contribution in [1.29, 1.82) is 0 Å². The maximum Gasteiger partial charge on any atom is 0.192 e. The van der Waals surface area contributed by atoms with Crippen LogP contribution < -0.4 is 0 Å². The fourth-order valence-electron chi connectivity index (χ4n) is 9.34. The molecule has 4 fully saturated rings. The Morgan fingerprint density at radius 1 is 0.892 bits per heavy atom. The van der Waals surface area contributed by atoms with Crippen LogP contribution in [-0.4, -0.2) is 35.8 Å². The molecule has 1 heterocycles. The highest BCUT2D eigenvalue weighted by molar-refractivity contribution is 8.21. The zero-order valence-electron chi connectivity index (χ0n) is 26.1. The van der Waals surface area contributed by atoms with E-state index in [-0.39, 0.29) is 21.3 Å². The fourth-order valence-corrected chi connectivity index (χ4v) is 13.8. The molecule has 2 nitrogen and oxygen atoms in total. The van der Waals surface area contributed by atoms with Crippen molar-refractivity contribution in [3.05, 3.63) is 0 Å². The summed E-state index contributed by atoms with van der Waals surface area (Å²) in [4.78, 5) is 13.8. The molecule has 0 bridgehead atoms. The Kier molecular flexibility index (Phi) is 8.10. The Labute approximate surface area is 239 Å². The van der Waals surface area contributed by atoms with Crippen molar-refractivity contribution in [2.75, 3.05) is 11.5 Å². The first-order valence-electron chi connectivity index (χ1n) is 15.3. The second-order valence-electron chi connectivity index (χ2n) is 16.3. The van der Waals surface area contributed by atoms with Crippen molar-refractivity contribution in [3.8, 4) is 0 Å². The summed E-state index contributed by atoms with van der Waals surface area (Å²) in [5.74, 6) is 4.45. The van der Waals surface area contributed by atoms with Crippen LogP contribution in [0.1, 0.15) is 120 Å². The minimum atomic E-state index is -1.82. The summed E-state index contributed by atoms with van der Waals surface area (Å²) in [7, 11) is -1.82. The Bertz CT molecular complexity index is 873. The van der Waals surface area contributed by atoms with Gasteiger partial charge in [0.15, 0.2) is 8.32 Å². The normalized spacial score (nSPS) is 41.8. The molecule has 0 aromatic carbocycles. The van der Waals surface area contributed by atoms with Gasteiger partial charge in [0.2, 0.25) is 0 Å². The van der Waals surface area contributed by atoms with Crippen LogP contribution in [0, 0.1) is 33.5 Å². The number of fused-ring (bicyclic) bond motifs is 3. The number of Topliss-reactive ketones (excluding diaryl/α,β-unsaturated/α-hetero) is 1. The van der Waals surface area contributed by atoms with Crippen LogP contribution in [0.5, 0.6) is 0 Å². The van der Waals surface area contributed by atoms with Crippen LogP contribution >= 0.6 is 23.5 Å². The lowest BCUT2D eigenvalue weighted by molar-refractivity contribution is -0.208. The summed E-state index contributed by atoms with van der Waals surface area (Å²) < 4.78 is 7.53. The molecule has 4 aliphatic rings. The average Bonchev–Trinajstić information content (AvgIpc) is 3.19. The Morgan fingerprint density at radius 3 is 2.11 bits per heavy atom. The molecule has 0 aromatic rings. The second-order valence-corrected chi connectivity index (χ2v) is 24.5. The third-order valence-corrected chi connectivity index (χ3v) is 20.9. The molecular formula is C32H58O2S2Si. The number of carbonyl (C=O) groups excluding carboxylic acids is 1. The molecule has 0 aromatic heterocycles. The molecule has 0 amide bonds. The summed E-state index contributed by atoms with van der Waals surface area (Å²) in [5.41, 5.74) is 0.419. The number of thioether (sulfide) groups is 2. The van der Waals surface area contributed by atoms with Gasteiger partial charge in [-0.25, -0.2) is 0 Å². The van der Waals surface area contributed by atoms with Gasteiger partial charge in [-0.1, -0.05) is 61.8 Å². The summed E-state index contributed by atoms with van der Waals surface area (Å²) in [6.45, 7) is 27.0. The largest absolute Gasteiger partial charge is 0.413 e. The molecule has 0 spiro atoms. The molecule has 0 radical (unpaired) electrons. The average molecular weight is 567 g/mol. The van der Waals surface area contributed by atoms with Crippen molar-refractivity contribution in [1.82, 2.24) is 0 Å². The van der Waals surface area contributed by atoms with Gasteiger partial charge in [0.25, 0.3) is 0 Å². The van der Waals surface area contributed by atoms with E-state index >= 15 is 0 Å². The fraction of sp³-hybridized carbons (Fsp3) is 0.969. The molecule has 5 heteroatoms. The molecule has 1 saturated heterocycles. The van der Waals surface area contributed by atoms with Gasteiger partial charge in [0.1, 0.15) is 5.78 Å². The highest BCUT2D eigenvalue weighted by Crippen LogP contribution is 2.71. The summed E-state index contributed by atoms with van der Waals surface area (Å²) in [6, 6.07) is 0. The first-order chi connectivity index (χ1) is 16.8. The smallest absolute Gasteiger partial charge is 0.192 e. The SMILES string of the molecule is CC1(CCC[C@]2(C)C(=O)CC[C@@H]3[C@@]4(C)CC[C@H](O[Si](C)(C)C(C)(C)C)C(C)(C)[C@@H]4CC[C@]32C)SCCS1. The van der Waals surface area contributed by atoms with Crippen LogP contribution in [0.15, 0.2) is 0 Å². The molecule has 1 aliphatic heterocycles. The Morgan fingerprint density at radius 2 is 1.51 bits per heavy atom. The van der Waals surface area contributed by atoms with E-state index in [1.54, 1.807) is 0 Å². The molecule has 6 atom stereocenters. The van der Waals surface area contributed by atoms with Gasteiger partial charge in [-0.2, -0.15) is 0 Å². The van der Waals surface area contributed by atoms with Crippen molar-refractivity contribution >= 4 is 37.6 Å². The monoisotopic (exact) mass is 566 g/mol. The number of hydrogen-bond acceptors (Lipinski definition) is 4. The van der Waals surface area contributed by atoms with E-state index in [4.69, 9.17) is 4.43 Å². The second kappa shape index (κ2) is 9.83. The minimum Gasteiger partial charge on any atom is -0.413 e. The van der Waals surface area contributed by atoms with Gasteiger partial charge in [0, 0.05) is 23.3 Å². The van der Waals surface area contributed by atoms with Crippen LogP contribution in [0.25, 0.3) is 0 Å². The first kappa shape index (κ1) is 30.5. The van der Waals surface area contributed by atoms with Gasteiger partial charge in [-0.05, 0) is 98.1 Å². The predicted molar refractivity (Wildman–Crippen MR) is 167 cm³/mol. The van der Waals surface area contributed by atoms with Gasteiger partial charge < -0.3 is 4.43 Å². The van der Waals surface area contributed by atoms with E-state index in [9.17, 15) is 4.79 Å². The maximum atomic E-state index is 13.8. The molecular weight excluding hydrogens is 509 g/mol. The number of carbonyl (C=O) groups is 1. The van der Waals surface area contributed by atoms with Gasteiger partial charge in [-0.3, -0.25) is 4.79 Å². The lowest BCUT2D eigenvalue weighted by Gasteiger charge is -2.69. The number of ketones is 1. The standard InChI is InChI=1S/C32H58O2S2Si/c1-27(2,3)37(10,11)34-26-16-19-29(6)23(28(26,4)5)15-20-30(7)24(29)13-14-25(33)31(30,8)17-12-18-32(9)35-21-22-36-32/h23-24,26H,12-22H2,1-11H3/t23-,24+,26-,29-,30+,31+/m0/s1. The molecule has 214 valence electrons. The van der Waals surface area contributed by atoms with Crippen molar-refractivity contribution in [2.45, 2.75) is 148 Å². The van der Waals surface area contributed by atoms with Crippen LogP contribution in [0.4, 0.5) is 0 Å². The molecule has 3 saturated carbocycles. The molecule has 0 unspecified atom stereocenters. The van der Waals surface area contributed by atoms with E-state index in [0.29, 0.717) is 33.2 Å². The first-order valence-corrected chi connectivity index (χ1v) is 20.2.